The molecule has 0 aromatic heterocycles. The van der Waals surface area contributed by atoms with E-state index < -0.39 is 11.7 Å². The predicted octanol–water partition coefficient (Wildman–Crippen LogP) is 4.76. The van der Waals surface area contributed by atoms with Gasteiger partial charge in [0.25, 0.3) is 0 Å². The fourth-order valence-electron chi connectivity index (χ4n) is 2.87. The molecular formula is C22H26F3NO4. The van der Waals surface area contributed by atoms with Crippen molar-refractivity contribution in [2.45, 2.75) is 45.5 Å². The maximum absolute atomic E-state index is 13.4. The summed E-state index contributed by atoms with van der Waals surface area (Å²) >= 11 is 0. The van der Waals surface area contributed by atoms with Gasteiger partial charge in [0.1, 0.15) is 17.2 Å². The Hall–Kier alpha value is -2.90. The molecule has 0 unspecified atom stereocenters. The molecule has 2 rings (SSSR count). The van der Waals surface area contributed by atoms with E-state index in [0.717, 1.165) is 11.6 Å². The lowest BCUT2D eigenvalue weighted by Gasteiger charge is -2.17. The molecule has 30 heavy (non-hydrogen) atoms. The van der Waals surface area contributed by atoms with Crippen molar-refractivity contribution in [3.8, 4) is 17.2 Å². The Morgan fingerprint density at radius 2 is 1.63 bits per heavy atom. The summed E-state index contributed by atoms with van der Waals surface area (Å²) < 4.78 is 56.0. The molecule has 0 aliphatic carbocycles. The monoisotopic (exact) mass is 425 g/mol. The lowest BCUT2D eigenvalue weighted by atomic mass is 10.1. The number of carbonyl (C=O) groups is 1. The van der Waals surface area contributed by atoms with Crippen molar-refractivity contribution in [3.63, 3.8) is 0 Å². The zero-order chi connectivity index (χ0) is 22.3. The van der Waals surface area contributed by atoms with Crippen LogP contribution in [0.15, 0.2) is 36.4 Å². The average molecular weight is 425 g/mol. The average Bonchev–Trinajstić information content (AvgIpc) is 2.69. The lowest BCUT2D eigenvalue weighted by Crippen LogP contribution is -2.25. The van der Waals surface area contributed by atoms with Crippen LogP contribution in [0.5, 0.6) is 17.2 Å². The first-order chi connectivity index (χ1) is 14.1. The third-order valence-corrected chi connectivity index (χ3v) is 4.29. The first kappa shape index (κ1) is 23.4. The van der Waals surface area contributed by atoms with E-state index in [9.17, 15) is 18.0 Å². The van der Waals surface area contributed by atoms with Gasteiger partial charge >= 0.3 is 6.18 Å². The van der Waals surface area contributed by atoms with Gasteiger partial charge in [-0.1, -0.05) is 6.07 Å². The molecule has 5 nitrogen and oxygen atoms in total. The molecule has 0 aliphatic heterocycles. The molecule has 0 saturated heterocycles. The van der Waals surface area contributed by atoms with Gasteiger partial charge in [0.05, 0.1) is 25.9 Å². The highest BCUT2D eigenvalue weighted by molar-refractivity contribution is 5.76. The summed E-state index contributed by atoms with van der Waals surface area (Å²) in [7, 11) is 3.06. The maximum Gasteiger partial charge on any atom is 0.416 e. The zero-order valence-corrected chi connectivity index (χ0v) is 17.4. The van der Waals surface area contributed by atoms with Crippen molar-refractivity contribution >= 4 is 5.91 Å². The van der Waals surface area contributed by atoms with E-state index in [1.165, 1.54) is 26.4 Å². The zero-order valence-electron chi connectivity index (χ0n) is 17.4. The minimum absolute atomic E-state index is 0.0185. The summed E-state index contributed by atoms with van der Waals surface area (Å²) in [6.07, 6.45) is -4.28. The van der Waals surface area contributed by atoms with Crippen LogP contribution < -0.4 is 19.5 Å². The van der Waals surface area contributed by atoms with E-state index in [0.29, 0.717) is 17.9 Å². The van der Waals surface area contributed by atoms with Gasteiger partial charge in [-0.15, -0.1) is 0 Å². The largest absolute Gasteiger partial charge is 0.497 e. The van der Waals surface area contributed by atoms with Gasteiger partial charge in [0.2, 0.25) is 5.91 Å². The van der Waals surface area contributed by atoms with Crippen LogP contribution in [-0.4, -0.2) is 26.2 Å². The Morgan fingerprint density at radius 3 is 2.17 bits per heavy atom. The highest BCUT2D eigenvalue weighted by Crippen LogP contribution is 2.34. The van der Waals surface area contributed by atoms with Crippen LogP contribution in [-0.2, 0) is 23.9 Å². The second-order valence-electron chi connectivity index (χ2n) is 6.98. The summed E-state index contributed by atoms with van der Waals surface area (Å²) in [6.45, 7) is 3.25. The fourth-order valence-corrected chi connectivity index (χ4v) is 2.87. The summed E-state index contributed by atoms with van der Waals surface area (Å²) in [6, 6.07) is 9.04. The Morgan fingerprint density at radius 1 is 1.00 bits per heavy atom. The smallest absolute Gasteiger partial charge is 0.416 e. The Balaban J connectivity index is 2.02. The molecule has 0 atom stereocenters. The SMILES string of the molecule is COc1cc(CCC(=O)NCc2ccc(OC(C)C)cc2C(F)(F)F)cc(OC)c1. The van der Waals surface area contributed by atoms with Gasteiger partial charge in [0, 0.05) is 19.0 Å². The molecule has 0 radical (unpaired) electrons. The van der Waals surface area contributed by atoms with E-state index in [1.54, 1.807) is 32.0 Å². The minimum Gasteiger partial charge on any atom is -0.497 e. The number of aryl methyl sites for hydroxylation is 1. The summed E-state index contributed by atoms with van der Waals surface area (Å²) in [5.74, 6) is 0.985. The molecule has 2 aromatic carbocycles. The first-order valence-electron chi connectivity index (χ1n) is 9.47. The number of methoxy groups -OCH3 is 2. The molecule has 1 N–H and O–H groups in total. The maximum atomic E-state index is 13.4. The number of amides is 1. The second kappa shape index (κ2) is 10.2. The van der Waals surface area contributed by atoms with Crippen molar-refractivity contribution in [3.05, 3.63) is 53.1 Å². The number of hydrogen-bond acceptors (Lipinski definition) is 4. The van der Waals surface area contributed by atoms with Crippen molar-refractivity contribution in [2.24, 2.45) is 0 Å². The second-order valence-corrected chi connectivity index (χ2v) is 6.98. The van der Waals surface area contributed by atoms with Crippen molar-refractivity contribution < 1.29 is 32.2 Å². The van der Waals surface area contributed by atoms with Crippen LogP contribution in [0.4, 0.5) is 13.2 Å². The first-order valence-corrected chi connectivity index (χ1v) is 9.47. The molecule has 0 heterocycles. The molecule has 164 valence electrons. The van der Waals surface area contributed by atoms with Gasteiger partial charge in [0.15, 0.2) is 0 Å². The normalized spacial score (nSPS) is 11.3. The number of hydrogen-bond donors (Lipinski definition) is 1. The van der Waals surface area contributed by atoms with Crippen LogP contribution in [0.25, 0.3) is 0 Å². The van der Waals surface area contributed by atoms with Gasteiger partial charge in [-0.25, -0.2) is 0 Å². The number of alkyl halides is 3. The number of nitrogens with one attached hydrogen (secondary N) is 1. The molecule has 8 heteroatoms. The highest BCUT2D eigenvalue weighted by Gasteiger charge is 2.34. The molecule has 1 amide bonds. The van der Waals surface area contributed by atoms with E-state index >= 15 is 0 Å². The number of ether oxygens (including phenoxy) is 3. The molecule has 2 aromatic rings. The van der Waals surface area contributed by atoms with Crippen LogP contribution in [0.2, 0.25) is 0 Å². The lowest BCUT2D eigenvalue weighted by molar-refractivity contribution is -0.138. The number of halogens is 3. The Labute approximate surface area is 174 Å². The van der Waals surface area contributed by atoms with Gasteiger partial charge < -0.3 is 19.5 Å². The number of carbonyl (C=O) groups excluding carboxylic acids is 1. The molecule has 0 spiro atoms. The minimum atomic E-state index is -4.55. The van der Waals surface area contributed by atoms with Crippen LogP contribution in [0.3, 0.4) is 0 Å². The molecule has 0 bridgehead atoms. The van der Waals surface area contributed by atoms with Crippen molar-refractivity contribution in [2.75, 3.05) is 14.2 Å². The van der Waals surface area contributed by atoms with Gasteiger partial charge in [-0.3, -0.25) is 4.79 Å². The van der Waals surface area contributed by atoms with Crippen molar-refractivity contribution in [1.29, 1.82) is 0 Å². The topological polar surface area (TPSA) is 56.8 Å². The molecule has 0 fully saturated rings. The van der Waals surface area contributed by atoms with E-state index in [2.05, 4.69) is 5.32 Å². The number of rotatable bonds is 9. The summed E-state index contributed by atoms with van der Waals surface area (Å²) in [5, 5.41) is 2.56. The Bertz CT molecular complexity index is 844. The quantitative estimate of drug-likeness (QED) is 0.630. The van der Waals surface area contributed by atoms with Crippen LogP contribution in [0.1, 0.15) is 37.0 Å². The highest BCUT2D eigenvalue weighted by atomic mass is 19.4. The standard InChI is InChI=1S/C22H26F3NO4/c1-14(2)30-17-7-6-16(20(12-17)22(23,24)25)13-26-21(27)8-5-15-9-18(28-3)11-19(10-15)29-4/h6-7,9-12,14H,5,8,13H2,1-4H3,(H,26,27). The van der Waals surface area contributed by atoms with Crippen molar-refractivity contribution in [1.82, 2.24) is 5.32 Å². The Kier molecular flexibility index (Phi) is 7.97. The van der Waals surface area contributed by atoms with Gasteiger partial charge in [-0.05, 0) is 55.7 Å². The third kappa shape index (κ3) is 6.86. The predicted molar refractivity (Wildman–Crippen MR) is 107 cm³/mol. The molecule has 0 aliphatic rings. The third-order valence-electron chi connectivity index (χ3n) is 4.29. The van der Waals surface area contributed by atoms with Crippen LogP contribution >= 0.6 is 0 Å². The van der Waals surface area contributed by atoms with Gasteiger partial charge in [-0.2, -0.15) is 13.2 Å². The summed E-state index contributed by atoms with van der Waals surface area (Å²) in [4.78, 5) is 12.2. The van der Waals surface area contributed by atoms with E-state index in [-0.39, 0.29) is 36.3 Å². The molecule has 0 saturated carbocycles. The number of benzene rings is 2. The molecular weight excluding hydrogens is 399 g/mol. The summed E-state index contributed by atoms with van der Waals surface area (Å²) in [5.41, 5.74) is -0.0130. The van der Waals surface area contributed by atoms with E-state index in [4.69, 9.17) is 14.2 Å². The fraction of sp³-hybridized carbons (Fsp3) is 0.409. The van der Waals surface area contributed by atoms with E-state index in [1.807, 2.05) is 0 Å². The van der Waals surface area contributed by atoms with Crippen LogP contribution in [0, 0.1) is 0 Å².